The molecule has 12 heavy (non-hydrogen) atoms. The lowest BCUT2D eigenvalue weighted by molar-refractivity contribution is 0.0688. The number of aromatic carboxylic acids is 1. The van der Waals surface area contributed by atoms with Crippen molar-refractivity contribution in [3.63, 3.8) is 0 Å². The molecule has 1 rings (SSSR count). The Kier molecular flexibility index (Phi) is 2.14. The lowest BCUT2D eigenvalue weighted by Gasteiger charge is -1.97. The zero-order chi connectivity index (χ0) is 9.14. The van der Waals surface area contributed by atoms with Crippen LogP contribution in [0, 0.1) is 5.82 Å². The van der Waals surface area contributed by atoms with Gasteiger partial charge >= 0.3 is 5.97 Å². The van der Waals surface area contributed by atoms with Gasteiger partial charge in [0.25, 0.3) is 0 Å². The SMILES string of the molecule is O=Cc1cncc(F)c1C(=O)O. The first kappa shape index (κ1) is 8.32. The molecule has 4 nitrogen and oxygen atoms in total. The van der Waals surface area contributed by atoms with E-state index in [9.17, 15) is 14.0 Å². The minimum absolute atomic E-state index is 0.250. The van der Waals surface area contributed by atoms with E-state index in [1.807, 2.05) is 0 Å². The van der Waals surface area contributed by atoms with Gasteiger partial charge in [0, 0.05) is 6.20 Å². The molecule has 0 fully saturated rings. The first-order valence-corrected chi connectivity index (χ1v) is 2.98. The van der Waals surface area contributed by atoms with Crippen molar-refractivity contribution in [1.82, 2.24) is 4.98 Å². The number of hydrogen-bond donors (Lipinski definition) is 1. The zero-order valence-corrected chi connectivity index (χ0v) is 5.82. The van der Waals surface area contributed by atoms with Crippen LogP contribution in [-0.4, -0.2) is 22.3 Å². The number of carbonyl (C=O) groups excluding carboxylic acids is 1. The predicted octanol–water partition coefficient (Wildman–Crippen LogP) is 0.731. The highest BCUT2D eigenvalue weighted by Gasteiger charge is 2.15. The maximum absolute atomic E-state index is 12.7. The molecule has 0 bridgehead atoms. The van der Waals surface area contributed by atoms with Gasteiger partial charge in [-0.2, -0.15) is 0 Å². The van der Waals surface area contributed by atoms with Gasteiger partial charge in [-0.3, -0.25) is 9.78 Å². The molecule has 62 valence electrons. The van der Waals surface area contributed by atoms with Crippen LogP contribution < -0.4 is 0 Å². The van der Waals surface area contributed by atoms with Crippen molar-refractivity contribution in [3.05, 3.63) is 29.3 Å². The Morgan fingerprint density at radius 3 is 2.67 bits per heavy atom. The number of rotatable bonds is 2. The molecule has 0 aliphatic heterocycles. The van der Waals surface area contributed by atoms with E-state index in [2.05, 4.69) is 4.98 Å². The molecule has 0 aliphatic rings. The molecular formula is C7H4FNO3. The van der Waals surface area contributed by atoms with Crippen molar-refractivity contribution in [1.29, 1.82) is 0 Å². The van der Waals surface area contributed by atoms with Crippen molar-refractivity contribution < 1.29 is 19.1 Å². The van der Waals surface area contributed by atoms with Crippen LogP contribution in [0.1, 0.15) is 20.7 Å². The molecule has 0 amide bonds. The van der Waals surface area contributed by atoms with Crippen LogP contribution in [-0.2, 0) is 0 Å². The number of halogens is 1. The fourth-order valence-corrected chi connectivity index (χ4v) is 0.765. The van der Waals surface area contributed by atoms with Crippen LogP contribution in [0.2, 0.25) is 0 Å². The molecule has 0 spiro atoms. The Morgan fingerprint density at radius 2 is 2.25 bits per heavy atom. The molecule has 0 unspecified atom stereocenters. The van der Waals surface area contributed by atoms with E-state index in [1.54, 1.807) is 0 Å². The van der Waals surface area contributed by atoms with Crippen LogP contribution in [0.15, 0.2) is 12.4 Å². The van der Waals surface area contributed by atoms with Crippen molar-refractivity contribution in [2.24, 2.45) is 0 Å². The lowest BCUT2D eigenvalue weighted by atomic mass is 10.1. The van der Waals surface area contributed by atoms with Crippen LogP contribution >= 0.6 is 0 Å². The largest absolute Gasteiger partial charge is 0.478 e. The Bertz CT molecular complexity index is 337. The van der Waals surface area contributed by atoms with Gasteiger partial charge in [-0.05, 0) is 0 Å². The molecular weight excluding hydrogens is 165 g/mol. The van der Waals surface area contributed by atoms with E-state index in [4.69, 9.17) is 5.11 Å². The number of pyridine rings is 1. The number of aldehydes is 1. The molecule has 0 atom stereocenters. The van der Waals surface area contributed by atoms with Gasteiger partial charge in [-0.25, -0.2) is 9.18 Å². The summed E-state index contributed by atoms with van der Waals surface area (Å²) < 4.78 is 12.7. The summed E-state index contributed by atoms with van der Waals surface area (Å²) in [5.74, 6) is -2.48. The molecule has 0 saturated carbocycles. The molecule has 5 heteroatoms. The predicted molar refractivity (Wildman–Crippen MR) is 36.5 cm³/mol. The second kappa shape index (κ2) is 3.08. The highest BCUT2D eigenvalue weighted by atomic mass is 19.1. The Morgan fingerprint density at radius 1 is 1.58 bits per heavy atom. The Balaban J connectivity index is 3.39. The third-order valence-corrected chi connectivity index (χ3v) is 1.27. The first-order valence-electron chi connectivity index (χ1n) is 2.98. The summed E-state index contributed by atoms with van der Waals surface area (Å²) >= 11 is 0. The summed E-state index contributed by atoms with van der Waals surface area (Å²) in [6.45, 7) is 0. The molecule has 1 heterocycles. The summed E-state index contributed by atoms with van der Waals surface area (Å²) in [5, 5.41) is 8.45. The van der Waals surface area contributed by atoms with Gasteiger partial charge in [0.15, 0.2) is 12.1 Å². The molecule has 0 aliphatic carbocycles. The molecule has 1 N–H and O–H groups in total. The van der Waals surface area contributed by atoms with Crippen LogP contribution in [0.5, 0.6) is 0 Å². The van der Waals surface area contributed by atoms with Crippen molar-refractivity contribution >= 4 is 12.3 Å². The van der Waals surface area contributed by atoms with Crippen molar-refractivity contribution in [2.75, 3.05) is 0 Å². The third kappa shape index (κ3) is 1.29. The first-order chi connectivity index (χ1) is 5.66. The Labute approximate surface area is 66.7 Å². The van der Waals surface area contributed by atoms with Gasteiger partial charge in [0.1, 0.15) is 5.56 Å². The van der Waals surface area contributed by atoms with Crippen LogP contribution in [0.3, 0.4) is 0 Å². The highest BCUT2D eigenvalue weighted by Crippen LogP contribution is 2.09. The molecule has 0 saturated heterocycles. The zero-order valence-electron chi connectivity index (χ0n) is 5.82. The topological polar surface area (TPSA) is 67.3 Å². The van der Waals surface area contributed by atoms with Crippen LogP contribution in [0.4, 0.5) is 4.39 Å². The van der Waals surface area contributed by atoms with E-state index in [1.165, 1.54) is 0 Å². The normalized spacial score (nSPS) is 9.42. The van der Waals surface area contributed by atoms with E-state index >= 15 is 0 Å². The average molecular weight is 169 g/mol. The number of nitrogens with zero attached hydrogens (tertiary/aromatic N) is 1. The molecule has 1 aromatic rings. The van der Waals surface area contributed by atoms with Gasteiger partial charge in [0.05, 0.1) is 11.8 Å². The second-order valence-electron chi connectivity index (χ2n) is 2.01. The summed E-state index contributed by atoms with van der Waals surface area (Å²) in [5.41, 5.74) is -0.900. The fourth-order valence-electron chi connectivity index (χ4n) is 0.765. The second-order valence-corrected chi connectivity index (χ2v) is 2.01. The molecule has 0 radical (unpaired) electrons. The van der Waals surface area contributed by atoms with Crippen LogP contribution in [0.25, 0.3) is 0 Å². The van der Waals surface area contributed by atoms with E-state index < -0.39 is 17.3 Å². The maximum atomic E-state index is 12.7. The molecule has 0 aromatic carbocycles. The fraction of sp³-hybridized carbons (Fsp3) is 0. The van der Waals surface area contributed by atoms with Gasteiger partial charge in [-0.1, -0.05) is 0 Å². The monoisotopic (exact) mass is 169 g/mol. The number of carboxylic acids is 1. The third-order valence-electron chi connectivity index (χ3n) is 1.27. The van der Waals surface area contributed by atoms with E-state index in [-0.39, 0.29) is 11.8 Å². The number of carbonyl (C=O) groups is 2. The van der Waals surface area contributed by atoms with Gasteiger partial charge in [0.2, 0.25) is 0 Å². The number of hydrogen-bond acceptors (Lipinski definition) is 3. The smallest absolute Gasteiger partial charge is 0.339 e. The maximum Gasteiger partial charge on any atom is 0.339 e. The standard InChI is InChI=1S/C7H4FNO3/c8-5-2-9-1-4(3-10)6(5)7(11)12/h1-3H,(H,11,12). The minimum Gasteiger partial charge on any atom is -0.478 e. The summed E-state index contributed by atoms with van der Waals surface area (Å²) in [6.07, 6.45) is 2.00. The molecule has 1 aromatic heterocycles. The number of carboxylic acid groups (broad SMARTS) is 1. The van der Waals surface area contributed by atoms with Crippen molar-refractivity contribution in [3.8, 4) is 0 Å². The lowest BCUT2D eigenvalue weighted by Crippen LogP contribution is -2.06. The van der Waals surface area contributed by atoms with Gasteiger partial charge < -0.3 is 5.11 Å². The summed E-state index contributed by atoms with van der Waals surface area (Å²) in [6, 6.07) is 0. The summed E-state index contributed by atoms with van der Waals surface area (Å²) in [4.78, 5) is 23.9. The average Bonchev–Trinajstić information content (AvgIpc) is 2.03. The number of aromatic nitrogens is 1. The van der Waals surface area contributed by atoms with E-state index in [0.717, 1.165) is 12.4 Å². The van der Waals surface area contributed by atoms with Crippen molar-refractivity contribution in [2.45, 2.75) is 0 Å². The minimum atomic E-state index is -1.48. The quantitative estimate of drug-likeness (QED) is 0.662. The summed E-state index contributed by atoms with van der Waals surface area (Å²) in [7, 11) is 0. The highest BCUT2D eigenvalue weighted by molar-refractivity contribution is 5.96. The van der Waals surface area contributed by atoms with E-state index in [0.29, 0.717) is 0 Å². The van der Waals surface area contributed by atoms with Gasteiger partial charge in [-0.15, -0.1) is 0 Å². The Hall–Kier alpha value is -1.78.